The molecule has 2 aromatic rings. The van der Waals surface area contributed by atoms with Crippen LogP contribution in [0.2, 0.25) is 0 Å². The number of guanidine groups is 1. The molecule has 0 spiro atoms. The number of H-pyrrole nitrogens is 1. The van der Waals surface area contributed by atoms with Gasteiger partial charge in [0, 0.05) is 35.8 Å². The smallest absolute Gasteiger partial charge is 0.349 e. The Balaban J connectivity index is 1.86. The maximum absolute atomic E-state index is 12.1. The number of hydrogen-bond acceptors (Lipinski definition) is 4. The molecular formula is C17H29N7O. The van der Waals surface area contributed by atoms with E-state index in [9.17, 15) is 4.79 Å². The Morgan fingerprint density at radius 3 is 2.72 bits per heavy atom. The molecule has 0 aliphatic carbocycles. The lowest BCUT2D eigenvalue weighted by Gasteiger charge is -2.15. The van der Waals surface area contributed by atoms with Crippen molar-refractivity contribution in [2.24, 2.45) is 16.5 Å². The van der Waals surface area contributed by atoms with Crippen LogP contribution < -0.4 is 22.5 Å². The molecule has 0 aliphatic rings. The molecule has 0 radical (unpaired) electrons. The van der Waals surface area contributed by atoms with Gasteiger partial charge in [-0.15, -0.1) is 0 Å². The zero-order valence-electron chi connectivity index (χ0n) is 15.3. The first-order valence-corrected chi connectivity index (χ1v) is 8.64. The van der Waals surface area contributed by atoms with E-state index in [1.54, 1.807) is 4.57 Å². The molecule has 0 saturated heterocycles. The summed E-state index contributed by atoms with van der Waals surface area (Å²) in [5.41, 5.74) is 12.0. The topological polar surface area (TPSA) is 127 Å². The van der Waals surface area contributed by atoms with Crippen molar-refractivity contribution in [1.29, 1.82) is 0 Å². The highest BCUT2D eigenvalue weighted by molar-refractivity contribution is 5.76. The number of nitrogens with zero attached hydrogens (tertiary/aromatic N) is 3. The zero-order valence-corrected chi connectivity index (χ0v) is 15.3. The monoisotopic (exact) mass is 347 g/mol. The molecule has 0 aliphatic heterocycles. The SMILES string of the molecule is CC(C)(C)c1cc2cn(CCCNCCCN=C(N)N)c(=O)nc2[nH]1. The number of hydrogen-bond donors (Lipinski definition) is 4. The lowest BCUT2D eigenvalue weighted by Crippen LogP contribution is -2.25. The zero-order chi connectivity index (χ0) is 18.4. The maximum atomic E-state index is 12.1. The second-order valence-corrected chi connectivity index (χ2v) is 7.22. The summed E-state index contributed by atoms with van der Waals surface area (Å²) >= 11 is 0. The lowest BCUT2D eigenvalue weighted by atomic mass is 9.92. The van der Waals surface area contributed by atoms with Crippen LogP contribution in [0.25, 0.3) is 11.0 Å². The number of fused-ring (bicyclic) bond motifs is 1. The number of aryl methyl sites for hydroxylation is 1. The molecule has 0 atom stereocenters. The molecule has 0 aromatic carbocycles. The molecule has 25 heavy (non-hydrogen) atoms. The third-order valence-electron chi connectivity index (χ3n) is 3.94. The molecule has 8 heteroatoms. The van der Waals surface area contributed by atoms with Gasteiger partial charge in [0.2, 0.25) is 0 Å². The van der Waals surface area contributed by atoms with Crippen LogP contribution >= 0.6 is 0 Å². The van der Waals surface area contributed by atoms with Gasteiger partial charge in [-0.1, -0.05) is 20.8 Å². The van der Waals surface area contributed by atoms with E-state index in [2.05, 4.69) is 47.1 Å². The minimum absolute atomic E-state index is 0.00287. The average molecular weight is 347 g/mol. The normalized spacial score (nSPS) is 11.8. The summed E-state index contributed by atoms with van der Waals surface area (Å²) in [6, 6.07) is 2.07. The van der Waals surface area contributed by atoms with E-state index >= 15 is 0 Å². The number of rotatable bonds is 8. The molecule has 8 nitrogen and oxygen atoms in total. The minimum atomic E-state index is -0.220. The summed E-state index contributed by atoms with van der Waals surface area (Å²) in [5.74, 6) is 0.127. The Hall–Kier alpha value is -2.35. The number of nitrogens with one attached hydrogen (secondary N) is 2. The van der Waals surface area contributed by atoms with Crippen LogP contribution in [0, 0.1) is 0 Å². The Morgan fingerprint density at radius 2 is 2.04 bits per heavy atom. The highest BCUT2D eigenvalue weighted by atomic mass is 16.1. The molecule has 0 bridgehead atoms. The predicted octanol–water partition coefficient (Wildman–Crippen LogP) is 0.665. The van der Waals surface area contributed by atoms with Crippen LogP contribution in [0.5, 0.6) is 0 Å². The second-order valence-electron chi connectivity index (χ2n) is 7.22. The first-order chi connectivity index (χ1) is 11.8. The maximum Gasteiger partial charge on any atom is 0.349 e. The fraction of sp³-hybridized carbons (Fsp3) is 0.588. The summed E-state index contributed by atoms with van der Waals surface area (Å²) in [7, 11) is 0. The van der Waals surface area contributed by atoms with Gasteiger partial charge in [-0.25, -0.2) is 4.79 Å². The number of nitrogens with two attached hydrogens (primary N) is 2. The summed E-state index contributed by atoms with van der Waals surface area (Å²) < 4.78 is 1.67. The quantitative estimate of drug-likeness (QED) is 0.317. The molecule has 0 saturated carbocycles. The van der Waals surface area contributed by atoms with Gasteiger partial charge < -0.3 is 21.8 Å². The number of aromatic nitrogens is 3. The Kier molecular flexibility index (Phi) is 6.19. The summed E-state index contributed by atoms with van der Waals surface area (Å²) in [6.07, 6.45) is 3.62. The van der Waals surface area contributed by atoms with Gasteiger partial charge in [-0.2, -0.15) is 4.98 Å². The van der Waals surface area contributed by atoms with Crippen molar-refractivity contribution in [2.45, 2.75) is 45.6 Å². The fourth-order valence-electron chi connectivity index (χ4n) is 2.51. The van der Waals surface area contributed by atoms with Crippen molar-refractivity contribution in [3.05, 3.63) is 28.4 Å². The van der Waals surface area contributed by atoms with Gasteiger partial charge in [0.15, 0.2) is 5.96 Å². The van der Waals surface area contributed by atoms with Crippen molar-refractivity contribution >= 4 is 17.0 Å². The molecule has 6 N–H and O–H groups in total. The van der Waals surface area contributed by atoms with E-state index in [4.69, 9.17) is 11.5 Å². The number of aliphatic imine (C=N–C) groups is 1. The average Bonchev–Trinajstić information content (AvgIpc) is 2.92. The van der Waals surface area contributed by atoms with Crippen molar-refractivity contribution in [2.75, 3.05) is 19.6 Å². The second kappa shape index (κ2) is 8.15. The largest absolute Gasteiger partial charge is 0.370 e. The molecule has 138 valence electrons. The Bertz CT molecular complexity index is 778. The van der Waals surface area contributed by atoms with Gasteiger partial charge in [-0.05, 0) is 32.0 Å². The van der Waals surface area contributed by atoms with E-state index < -0.39 is 0 Å². The standard InChI is InChI=1S/C17H29N7O/c1-17(2,3)13-10-12-11-24(16(25)23-14(12)22-13)9-5-7-20-6-4-8-21-15(18)19/h10-11,20H,4-9H2,1-3H3,(H4,18,19,21)(H,22,23,25). The molecular weight excluding hydrogens is 318 g/mol. The fourth-order valence-corrected chi connectivity index (χ4v) is 2.51. The van der Waals surface area contributed by atoms with E-state index in [1.807, 2.05) is 6.20 Å². The van der Waals surface area contributed by atoms with E-state index in [-0.39, 0.29) is 17.1 Å². The van der Waals surface area contributed by atoms with Gasteiger partial charge >= 0.3 is 5.69 Å². The molecule has 0 amide bonds. The third kappa shape index (κ3) is 5.60. The predicted molar refractivity (Wildman–Crippen MR) is 102 cm³/mol. The first-order valence-electron chi connectivity index (χ1n) is 8.64. The highest BCUT2D eigenvalue weighted by Crippen LogP contribution is 2.24. The summed E-state index contributed by atoms with van der Waals surface area (Å²) in [6.45, 7) is 9.31. The van der Waals surface area contributed by atoms with Crippen molar-refractivity contribution in [1.82, 2.24) is 19.9 Å². The third-order valence-corrected chi connectivity index (χ3v) is 3.94. The minimum Gasteiger partial charge on any atom is -0.370 e. The van der Waals surface area contributed by atoms with Crippen LogP contribution in [0.1, 0.15) is 39.3 Å². The van der Waals surface area contributed by atoms with Crippen LogP contribution in [-0.2, 0) is 12.0 Å². The molecule has 2 aromatic heterocycles. The van der Waals surface area contributed by atoms with Crippen LogP contribution in [0.15, 0.2) is 22.1 Å². The summed E-state index contributed by atoms with van der Waals surface area (Å²) in [4.78, 5) is 23.5. The van der Waals surface area contributed by atoms with Gasteiger partial charge in [0.05, 0.1) is 0 Å². The van der Waals surface area contributed by atoms with E-state index in [1.165, 1.54) is 0 Å². The lowest BCUT2D eigenvalue weighted by molar-refractivity contribution is 0.559. The van der Waals surface area contributed by atoms with Crippen LogP contribution in [-0.4, -0.2) is 40.1 Å². The van der Waals surface area contributed by atoms with E-state index in [0.29, 0.717) is 18.7 Å². The molecule has 2 rings (SSSR count). The van der Waals surface area contributed by atoms with Crippen molar-refractivity contribution in [3.8, 4) is 0 Å². The van der Waals surface area contributed by atoms with Crippen LogP contribution in [0.3, 0.4) is 0 Å². The van der Waals surface area contributed by atoms with E-state index in [0.717, 1.165) is 37.0 Å². The number of aromatic amines is 1. The molecule has 0 unspecified atom stereocenters. The molecule has 0 fully saturated rings. The van der Waals surface area contributed by atoms with Crippen LogP contribution in [0.4, 0.5) is 0 Å². The van der Waals surface area contributed by atoms with Crippen molar-refractivity contribution in [3.63, 3.8) is 0 Å². The van der Waals surface area contributed by atoms with Gasteiger partial charge in [0.1, 0.15) is 5.65 Å². The van der Waals surface area contributed by atoms with Gasteiger partial charge in [0.25, 0.3) is 0 Å². The van der Waals surface area contributed by atoms with Gasteiger partial charge in [-0.3, -0.25) is 9.56 Å². The Morgan fingerprint density at radius 1 is 1.32 bits per heavy atom. The highest BCUT2D eigenvalue weighted by Gasteiger charge is 2.17. The Labute approximate surface area is 147 Å². The van der Waals surface area contributed by atoms with Crippen molar-refractivity contribution < 1.29 is 0 Å². The summed E-state index contributed by atoms with van der Waals surface area (Å²) in [5, 5.41) is 4.28. The first kappa shape index (κ1) is 19.0. The molecule has 2 heterocycles.